The van der Waals surface area contributed by atoms with Gasteiger partial charge >= 0.3 is 6.09 Å². The minimum Gasteiger partial charge on any atom is -0.444 e. The number of alkyl carbamates (subject to hydrolysis) is 1. The van der Waals surface area contributed by atoms with Gasteiger partial charge in [0.05, 0.1) is 0 Å². The molecule has 22 heavy (non-hydrogen) atoms. The molecular formula is C15H18F2N2O3. The van der Waals surface area contributed by atoms with Gasteiger partial charge in [0.1, 0.15) is 11.6 Å². The molecule has 1 aliphatic rings. The third kappa shape index (κ3) is 3.93. The molecule has 0 unspecified atom stereocenters. The standard InChI is InChI=1S/C15H18F2N2O3/c1-15(2,3)22-14(21)19-11-7-9-6-8(12(16)17)4-5-10(9)18-13(11)20/h4-6,11-12H,7H2,1-3H3,(H,18,20)(H,19,21)/t11-/m1/s1. The molecule has 1 aliphatic heterocycles. The molecule has 0 spiro atoms. The highest BCUT2D eigenvalue weighted by atomic mass is 19.3. The number of ether oxygens (including phenoxy) is 1. The Labute approximate surface area is 127 Å². The molecule has 1 heterocycles. The lowest BCUT2D eigenvalue weighted by Crippen LogP contribution is -2.49. The van der Waals surface area contributed by atoms with Crippen LogP contribution in [0.1, 0.15) is 38.3 Å². The quantitative estimate of drug-likeness (QED) is 0.882. The van der Waals surface area contributed by atoms with Crippen molar-refractivity contribution >= 4 is 17.7 Å². The molecule has 2 amide bonds. The van der Waals surface area contributed by atoms with E-state index in [4.69, 9.17) is 4.74 Å². The van der Waals surface area contributed by atoms with E-state index in [1.807, 2.05) is 0 Å². The second kappa shape index (κ2) is 5.90. The number of hydrogen-bond acceptors (Lipinski definition) is 3. The smallest absolute Gasteiger partial charge is 0.408 e. The van der Waals surface area contributed by atoms with Crippen LogP contribution >= 0.6 is 0 Å². The van der Waals surface area contributed by atoms with Crippen molar-refractivity contribution in [2.24, 2.45) is 0 Å². The van der Waals surface area contributed by atoms with Gasteiger partial charge in [0, 0.05) is 17.7 Å². The van der Waals surface area contributed by atoms with E-state index in [1.54, 1.807) is 20.8 Å². The van der Waals surface area contributed by atoms with Crippen LogP contribution in [0, 0.1) is 0 Å². The molecule has 0 aliphatic carbocycles. The lowest BCUT2D eigenvalue weighted by Gasteiger charge is -2.27. The summed E-state index contributed by atoms with van der Waals surface area (Å²) in [6.45, 7) is 5.12. The maximum Gasteiger partial charge on any atom is 0.408 e. The van der Waals surface area contributed by atoms with Gasteiger partial charge in [-0.15, -0.1) is 0 Å². The number of fused-ring (bicyclic) bond motifs is 1. The van der Waals surface area contributed by atoms with Crippen molar-refractivity contribution in [3.05, 3.63) is 29.3 Å². The third-order valence-electron chi connectivity index (χ3n) is 3.07. The molecule has 0 saturated heterocycles. The number of benzene rings is 1. The van der Waals surface area contributed by atoms with Gasteiger partial charge in [-0.05, 0) is 38.5 Å². The first kappa shape index (κ1) is 16.2. The summed E-state index contributed by atoms with van der Waals surface area (Å²) in [5.74, 6) is -0.400. The summed E-state index contributed by atoms with van der Waals surface area (Å²) >= 11 is 0. The SMILES string of the molecule is CC(C)(C)OC(=O)N[C@@H]1Cc2cc(C(F)F)ccc2NC1=O. The van der Waals surface area contributed by atoms with Crippen molar-refractivity contribution < 1.29 is 23.1 Å². The molecule has 1 aromatic carbocycles. The number of carbonyl (C=O) groups is 2. The molecule has 0 bridgehead atoms. The minimum atomic E-state index is -2.58. The predicted molar refractivity (Wildman–Crippen MR) is 76.9 cm³/mol. The Morgan fingerprint density at radius 2 is 2.09 bits per heavy atom. The summed E-state index contributed by atoms with van der Waals surface area (Å²) in [6, 6.07) is 3.20. The Kier molecular flexibility index (Phi) is 4.35. The van der Waals surface area contributed by atoms with Gasteiger partial charge in [-0.2, -0.15) is 0 Å². The van der Waals surface area contributed by atoms with Crippen LogP contribution in [-0.2, 0) is 16.0 Å². The second-order valence-corrected chi connectivity index (χ2v) is 6.11. The fourth-order valence-corrected chi connectivity index (χ4v) is 2.14. The molecule has 0 saturated carbocycles. The van der Waals surface area contributed by atoms with Gasteiger partial charge in [0.25, 0.3) is 6.43 Å². The predicted octanol–water partition coefficient (Wildman–Crippen LogP) is 3.01. The van der Waals surface area contributed by atoms with Crippen LogP contribution in [0.25, 0.3) is 0 Å². The number of carbonyl (C=O) groups excluding carboxylic acids is 2. The van der Waals surface area contributed by atoms with Crippen LogP contribution in [0.2, 0.25) is 0 Å². The molecule has 1 aromatic rings. The molecule has 1 atom stereocenters. The Morgan fingerprint density at radius 3 is 2.68 bits per heavy atom. The van der Waals surface area contributed by atoms with Crippen molar-refractivity contribution in [1.29, 1.82) is 0 Å². The van der Waals surface area contributed by atoms with Crippen molar-refractivity contribution in [2.45, 2.75) is 45.3 Å². The Morgan fingerprint density at radius 1 is 1.41 bits per heavy atom. The average Bonchev–Trinajstić information content (AvgIpc) is 2.36. The highest BCUT2D eigenvalue weighted by Gasteiger charge is 2.29. The first-order chi connectivity index (χ1) is 10.2. The van der Waals surface area contributed by atoms with Gasteiger partial charge in [-0.3, -0.25) is 4.79 Å². The highest BCUT2D eigenvalue weighted by Crippen LogP contribution is 2.28. The molecule has 7 heteroatoms. The summed E-state index contributed by atoms with van der Waals surface area (Å²) < 4.78 is 30.5. The first-order valence-corrected chi connectivity index (χ1v) is 6.87. The number of rotatable bonds is 2. The van der Waals surface area contributed by atoms with Crippen molar-refractivity contribution in [3.63, 3.8) is 0 Å². The summed E-state index contributed by atoms with van der Waals surface area (Å²) in [7, 11) is 0. The van der Waals surface area contributed by atoms with E-state index in [1.165, 1.54) is 18.2 Å². The molecule has 0 fully saturated rings. The number of amides is 2. The highest BCUT2D eigenvalue weighted by molar-refractivity contribution is 5.99. The summed E-state index contributed by atoms with van der Waals surface area (Å²) in [4.78, 5) is 23.7. The largest absolute Gasteiger partial charge is 0.444 e. The normalized spacial score (nSPS) is 17.7. The van der Waals surface area contributed by atoms with Crippen LogP contribution in [-0.4, -0.2) is 23.6 Å². The Bertz CT molecular complexity index is 597. The lowest BCUT2D eigenvalue weighted by molar-refractivity contribution is -0.118. The van der Waals surface area contributed by atoms with Crippen LogP contribution in [0.15, 0.2) is 18.2 Å². The van der Waals surface area contributed by atoms with E-state index in [9.17, 15) is 18.4 Å². The van der Waals surface area contributed by atoms with E-state index in [2.05, 4.69) is 10.6 Å². The maximum atomic E-state index is 12.7. The monoisotopic (exact) mass is 312 g/mol. The molecule has 0 radical (unpaired) electrons. The number of anilines is 1. The summed E-state index contributed by atoms with van der Waals surface area (Å²) in [5, 5.41) is 5.04. The summed E-state index contributed by atoms with van der Waals surface area (Å²) in [6.07, 6.45) is -3.16. The Balaban J connectivity index is 2.12. The zero-order valence-corrected chi connectivity index (χ0v) is 12.6. The molecular weight excluding hydrogens is 294 g/mol. The second-order valence-electron chi connectivity index (χ2n) is 6.11. The van der Waals surface area contributed by atoms with E-state index >= 15 is 0 Å². The number of nitrogens with one attached hydrogen (secondary N) is 2. The van der Waals surface area contributed by atoms with E-state index in [-0.39, 0.29) is 12.0 Å². The van der Waals surface area contributed by atoms with Crippen LogP contribution in [0.3, 0.4) is 0 Å². The summed E-state index contributed by atoms with van der Waals surface area (Å²) in [5.41, 5.74) is 0.233. The fraction of sp³-hybridized carbons (Fsp3) is 0.467. The van der Waals surface area contributed by atoms with Gasteiger partial charge in [-0.25, -0.2) is 13.6 Å². The van der Waals surface area contributed by atoms with Gasteiger partial charge in [-0.1, -0.05) is 6.07 Å². The van der Waals surface area contributed by atoms with E-state index in [0.717, 1.165) is 0 Å². The number of halogens is 2. The fourth-order valence-electron chi connectivity index (χ4n) is 2.14. The minimum absolute atomic E-state index is 0.120. The van der Waals surface area contributed by atoms with Gasteiger partial charge in [0.2, 0.25) is 5.91 Å². The van der Waals surface area contributed by atoms with Crippen LogP contribution in [0.5, 0.6) is 0 Å². The molecule has 120 valence electrons. The molecule has 0 aromatic heterocycles. The van der Waals surface area contributed by atoms with Crippen LogP contribution < -0.4 is 10.6 Å². The first-order valence-electron chi connectivity index (χ1n) is 6.87. The zero-order chi connectivity index (χ0) is 16.5. The number of alkyl halides is 2. The molecule has 5 nitrogen and oxygen atoms in total. The molecule has 2 N–H and O–H groups in total. The van der Waals surface area contributed by atoms with E-state index < -0.39 is 30.1 Å². The van der Waals surface area contributed by atoms with Gasteiger partial charge in [0.15, 0.2) is 0 Å². The van der Waals surface area contributed by atoms with Crippen LogP contribution in [0.4, 0.5) is 19.3 Å². The number of hydrogen-bond donors (Lipinski definition) is 2. The average molecular weight is 312 g/mol. The topological polar surface area (TPSA) is 67.4 Å². The van der Waals surface area contributed by atoms with Crippen molar-refractivity contribution in [3.8, 4) is 0 Å². The van der Waals surface area contributed by atoms with Crippen molar-refractivity contribution in [1.82, 2.24) is 5.32 Å². The lowest BCUT2D eigenvalue weighted by atomic mass is 9.97. The Hall–Kier alpha value is -2.18. The maximum absolute atomic E-state index is 12.7. The third-order valence-corrected chi connectivity index (χ3v) is 3.07. The molecule has 2 rings (SSSR count). The van der Waals surface area contributed by atoms with E-state index in [0.29, 0.717) is 11.3 Å². The zero-order valence-electron chi connectivity index (χ0n) is 12.6. The van der Waals surface area contributed by atoms with Crippen molar-refractivity contribution in [2.75, 3.05) is 5.32 Å². The van der Waals surface area contributed by atoms with Gasteiger partial charge < -0.3 is 15.4 Å².